The first kappa shape index (κ1) is 12.8. The Labute approximate surface area is 108 Å². The summed E-state index contributed by atoms with van der Waals surface area (Å²) < 4.78 is 0. The summed E-state index contributed by atoms with van der Waals surface area (Å²) >= 11 is 0. The van der Waals surface area contributed by atoms with E-state index in [-0.39, 0.29) is 6.61 Å². The fourth-order valence-electron chi connectivity index (χ4n) is 2.68. The smallest absolute Gasteiger partial charge is 0.142 e. The fraction of sp³-hybridized carbons (Fsp3) is 0.571. The van der Waals surface area contributed by atoms with Crippen molar-refractivity contribution in [3.05, 3.63) is 24.0 Å². The minimum atomic E-state index is 0.140. The molecule has 0 unspecified atom stereocenters. The molecule has 1 fully saturated rings. The molecule has 96 valence electrons. The molecule has 1 aliphatic carbocycles. The molecule has 0 atom stereocenters. The van der Waals surface area contributed by atoms with Gasteiger partial charge in [0.2, 0.25) is 0 Å². The third-order valence-electron chi connectivity index (χ3n) is 3.55. The van der Waals surface area contributed by atoms with Crippen molar-refractivity contribution in [3.8, 4) is 6.07 Å². The zero-order chi connectivity index (χ0) is 12.8. The lowest BCUT2D eigenvalue weighted by Gasteiger charge is -2.35. The molecule has 1 aromatic rings. The highest BCUT2D eigenvalue weighted by atomic mass is 16.3. The first-order valence-corrected chi connectivity index (χ1v) is 6.59. The summed E-state index contributed by atoms with van der Waals surface area (Å²) in [6.07, 6.45) is 7.82. The number of nitriles is 1. The van der Waals surface area contributed by atoms with Crippen LogP contribution < -0.4 is 4.90 Å². The molecule has 2 rings (SSSR count). The van der Waals surface area contributed by atoms with Crippen LogP contribution in [0.3, 0.4) is 0 Å². The van der Waals surface area contributed by atoms with Crippen molar-refractivity contribution in [2.75, 3.05) is 18.1 Å². The van der Waals surface area contributed by atoms with Crippen molar-refractivity contribution < 1.29 is 5.11 Å². The Morgan fingerprint density at radius 1 is 1.39 bits per heavy atom. The molecule has 0 amide bonds. The predicted molar refractivity (Wildman–Crippen MR) is 70.3 cm³/mol. The average Bonchev–Trinajstić information content (AvgIpc) is 2.46. The first-order valence-electron chi connectivity index (χ1n) is 6.59. The lowest BCUT2D eigenvalue weighted by atomic mass is 9.94. The van der Waals surface area contributed by atoms with Gasteiger partial charge in [0.15, 0.2) is 0 Å². The van der Waals surface area contributed by atoms with E-state index in [2.05, 4.69) is 16.0 Å². The summed E-state index contributed by atoms with van der Waals surface area (Å²) in [7, 11) is 0. The molecule has 0 bridgehead atoms. The van der Waals surface area contributed by atoms with Crippen LogP contribution in [0.1, 0.15) is 37.8 Å². The van der Waals surface area contributed by atoms with Gasteiger partial charge in [0.1, 0.15) is 11.8 Å². The normalized spacial score (nSPS) is 16.2. The van der Waals surface area contributed by atoms with Crippen LogP contribution in [0.4, 0.5) is 5.69 Å². The van der Waals surface area contributed by atoms with Crippen LogP contribution in [0.25, 0.3) is 0 Å². The molecule has 0 aliphatic heterocycles. The van der Waals surface area contributed by atoms with Gasteiger partial charge in [-0.3, -0.25) is 0 Å². The monoisotopic (exact) mass is 245 g/mol. The van der Waals surface area contributed by atoms with Gasteiger partial charge in [-0.25, -0.2) is 4.98 Å². The number of hydrogen-bond donors (Lipinski definition) is 1. The van der Waals surface area contributed by atoms with Gasteiger partial charge in [-0.05, 0) is 25.0 Å². The second-order valence-corrected chi connectivity index (χ2v) is 4.72. The molecule has 4 heteroatoms. The van der Waals surface area contributed by atoms with Crippen LogP contribution in [0.5, 0.6) is 0 Å². The number of aliphatic hydroxyl groups is 1. The Kier molecular flexibility index (Phi) is 4.54. The van der Waals surface area contributed by atoms with E-state index < -0.39 is 0 Å². The van der Waals surface area contributed by atoms with Crippen molar-refractivity contribution in [1.29, 1.82) is 5.26 Å². The molecule has 0 radical (unpaired) electrons. The highest BCUT2D eigenvalue weighted by molar-refractivity contribution is 5.49. The van der Waals surface area contributed by atoms with Crippen LogP contribution in [0.2, 0.25) is 0 Å². The first-order chi connectivity index (χ1) is 8.85. The molecule has 1 N–H and O–H groups in total. The van der Waals surface area contributed by atoms with Gasteiger partial charge in [0, 0.05) is 24.5 Å². The van der Waals surface area contributed by atoms with E-state index in [1.165, 1.54) is 32.1 Å². The van der Waals surface area contributed by atoms with E-state index in [0.717, 1.165) is 5.69 Å². The molecular formula is C14H19N3O. The lowest BCUT2D eigenvalue weighted by molar-refractivity contribution is 0.290. The number of nitrogens with zero attached hydrogens (tertiary/aromatic N) is 3. The van der Waals surface area contributed by atoms with Crippen molar-refractivity contribution in [2.45, 2.75) is 38.1 Å². The number of anilines is 1. The van der Waals surface area contributed by atoms with Crippen LogP contribution in [-0.4, -0.2) is 29.3 Å². The van der Waals surface area contributed by atoms with Gasteiger partial charge < -0.3 is 10.0 Å². The number of hydrogen-bond acceptors (Lipinski definition) is 4. The van der Waals surface area contributed by atoms with Crippen molar-refractivity contribution in [1.82, 2.24) is 4.98 Å². The van der Waals surface area contributed by atoms with Crippen molar-refractivity contribution in [3.63, 3.8) is 0 Å². The Bertz CT molecular complexity index is 421. The number of pyridine rings is 1. The van der Waals surface area contributed by atoms with E-state index in [0.29, 0.717) is 18.3 Å². The van der Waals surface area contributed by atoms with Crippen molar-refractivity contribution in [2.24, 2.45) is 0 Å². The Morgan fingerprint density at radius 3 is 2.83 bits per heavy atom. The molecule has 0 saturated heterocycles. The van der Waals surface area contributed by atoms with Crippen LogP contribution in [0, 0.1) is 11.3 Å². The van der Waals surface area contributed by atoms with E-state index in [9.17, 15) is 5.11 Å². The summed E-state index contributed by atoms with van der Waals surface area (Å²) in [6.45, 7) is 0.764. The fourth-order valence-corrected chi connectivity index (χ4v) is 2.68. The number of aromatic nitrogens is 1. The average molecular weight is 245 g/mol. The highest BCUT2D eigenvalue weighted by Crippen LogP contribution is 2.27. The van der Waals surface area contributed by atoms with Gasteiger partial charge in [0.25, 0.3) is 0 Å². The summed E-state index contributed by atoms with van der Waals surface area (Å²) in [5.74, 6) is 0. The molecular weight excluding hydrogens is 226 g/mol. The van der Waals surface area contributed by atoms with Crippen molar-refractivity contribution >= 4 is 5.69 Å². The molecule has 1 aromatic heterocycles. The van der Waals surface area contributed by atoms with Gasteiger partial charge >= 0.3 is 0 Å². The van der Waals surface area contributed by atoms with Crippen LogP contribution >= 0.6 is 0 Å². The zero-order valence-electron chi connectivity index (χ0n) is 10.5. The second kappa shape index (κ2) is 6.36. The maximum absolute atomic E-state index is 9.23. The van der Waals surface area contributed by atoms with Crippen LogP contribution in [-0.2, 0) is 0 Å². The summed E-state index contributed by atoms with van der Waals surface area (Å²) in [6, 6.07) is 6.28. The Balaban J connectivity index is 2.19. The number of rotatable bonds is 4. The van der Waals surface area contributed by atoms with E-state index in [1.807, 2.05) is 12.1 Å². The van der Waals surface area contributed by atoms with Crippen LogP contribution in [0.15, 0.2) is 18.3 Å². The SMILES string of the molecule is N#Cc1cc(N(CCO)C2CCCCC2)ccn1. The van der Waals surface area contributed by atoms with E-state index in [4.69, 9.17) is 5.26 Å². The minimum absolute atomic E-state index is 0.140. The number of aliphatic hydroxyl groups excluding tert-OH is 1. The summed E-state index contributed by atoms with van der Waals surface area (Å²) in [5, 5.41) is 18.1. The highest BCUT2D eigenvalue weighted by Gasteiger charge is 2.21. The third kappa shape index (κ3) is 2.99. The van der Waals surface area contributed by atoms with Gasteiger partial charge in [-0.15, -0.1) is 0 Å². The largest absolute Gasteiger partial charge is 0.395 e. The second-order valence-electron chi connectivity index (χ2n) is 4.72. The topological polar surface area (TPSA) is 60.2 Å². The van der Waals surface area contributed by atoms with E-state index >= 15 is 0 Å². The van der Waals surface area contributed by atoms with Gasteiger partial charge in [-0.1, -0.05) is 19.3 Å². The lowest BCUT2D eigenvalue weighted by Crippen LogP contribution is -2.38. The predicted octanol–water partition coefficient (Wildman–Crippen LogP) is 2.08. The van der Waals surface area contributed by atoms with E-state index in [1.54, 1.807) is 6.20 Å². The quantitative estimate of drug-likeness (QED) is 0.882. The van der Waals surface area contributed by atoms with Gasteiger partial charge in [-0.2, -0.15) is 5.26 Å². The minimum Gasteiger partial charge on any atom is -0.395 e. The maximum atomic E-state index is 9.23. The molecule has 0 spiro atoms. The molecule has 1 aliphatic rings. The molecule has 4 nitrogen and oxygen atoms in total. The Morgan fingerprint density at radius 2 is 2.17 bits per heavy atom. The third-order valence-corrected chi connectivity index (χ3v) is 3.55. The molecule has 1 saturated carbocycles. The standard InChI is InChI=1S/C14H19N3O/c15-11-12-10-14(6-7-16-12)17(8-9-18)13-4-2-1-3-5-13/h6-7,10,13,18H,1-5,8-9H2. The Hall–Kier alpha value is -1.60. The molecule has 1 heterocycles. The van der Waals surface area contributed by atoms with Gasteiger partial charge in [0.05, 0.1) is 6.61 Å². The molecule has 0 aromatic carbocycles. The zero-order valence-corrected chi connectivity index (χ0v) is 10.5. The summed E-state index contributed by atoms with van der Waals surface area (Å²) in [5.41, 5.74) is 1.44. The summed E-state index contributed by atoms with van der Waals surface area (Å²) in [4.78, 5) is 6.22. The molecule has 18 heavy (non-hydrogen) atoms. The maximum Gasteiger partial charge on any atom is 0.142 e.